The zero-order valence-electron chi connectivity index (χ0n) is 16.5. The van der Waals surface area contributed by atoms with Crippen molar-refractivity contribution in [2.45, 2.75) is 19.9 Å². The summed E-state index contributed by atoms with van der Waals surface area (Å²) in [5, 5.41) is 3.35. The quantitative estimate of drug-likeness (QED) is 0.563. The molecular weight excluding hydrogens is 334 g/mol. The number of hydrogen-bond donors (Lipinski definition) is 1. The Morgan fingerprint density at radius 3 is 2.42 bits per heavy atom. The molecule has 1 aromatic carbocycles. The van der Waals surface area contributed by atoms with E-state index in [0.717, 1.165) is 44.2 Å². The maximum absolute atomic E-state index is 5.47. The average Bonchev–Trinajstić information content (AvgIpc) is 3.16. The highest BCUT2D eigenvalue weighted by Gasteiger charge is 2.19. The fourth-order valence-corrected chi connectivity index (χ4v) is 3.06. The first-order valence-corrected chi connectivity index (χ1v) is 8.99. The van der Waals surface area contributed by atoms with Crippen molar-refractivity contribution in [1.29, 1.82) is 0 Å². The van der Waals surface area contributed by atoms with Crippen LogP contribution in [0.3, 0.4) is 0 Å². The van der Waals surface area contributed by atoms with Crippen LogP contribution in [0.15, 0.2) is 17.1 Å². The van der Waals surface area contributed by atoms with Crippen LogP contribution in [0.2, 0.25) is 0 Å². The number of rotatable bonds is 8. The van der Waals surface area contributed by atoms with Crippen LogP contribution in [0.4, 0.5) is 0 Å². The third-order valence-electron chi connectivity index (χ3n) is 4.39. The van der Waals surface area contributed by atoms with Gasteiger partial charge in [0.15, 0.2) is 17.5 Å². The summed E-state index contributed by atoms with van der Waals surface area (Å²) in [7, 11) is 6.90. The summed E-state index contributed by atoms with van der Waals surface area (Å²) in [5.74, 6) is 3.31. The molecule has 0 saturated carbocycles. The molecule has 1 aliphatic heterocycles. The SMILES string of the molecule is CCNC(=NCc1cc(OC)c(OC)c(OC)c1)N(C)CC1CCOC1. The van der Waals surface area contributed by atoms with E-state index in [2.05, 4.69) is 24.2 Å². The molecule has 1 unspecified atom stereocenters. The van der Waals surface area contributed by atoms with Crippen molar-refractivity contribution in [2.24, 2.45) is 10.9 Å². The van der Waals surface area contributed by atoms with Crippen molar-refractivity contribution in [1.82, 2.24) is 10.2 Å². The lowest BCUT2D eigenvalue weighted by molar-refractivity contribution is 0.181. The number of ether oxygens (including phenoxy) is 4. The number of guanidine groups is 1. The minimum absolute atomic E-state index is 0.518. The molecule has 7 nitrogen and oxygen atoms in total. The van der Waals surface area contributed by atoms with Crippen LogP contribution in [0.25, 0.3) is 0 Å². The van der Waals surface area contributed by atoms with E-state index in [1.165, 1.54) is 0 Å². The molecule has 0 bridgehead atoms. The zero-order valence-corrected chi connectivity index (χ0v) is 16.5. The Kier molecular flexibility index (Phi) is 7.84. The molecule has 0 radical (unpaired) electrons. The molecule has 26 heavy (non-hydrogen) atoms. The van der Waals surface area contributed by atoms with Crippen molar-refractivity contribution in [3.8, 4) is 17.2 Å². The van der Waals surface area contributed by atoms with E-state index in [4.69, 9.17) is 23.9 Å². The highest BCUT2D eigenvalue weighted by Crippen LogP contribution is 2.38. The van der Waals surface area contributed by atoms with Gasteiger partial charge in [0.05, 0.1) is 34.5 Å². The van der Waals surface area contributed by atoms with Crippen LogP contribution in [0, 0.1) is 5.92 Å². The van der Waals surface area contributed by atoms with Crippen LogP contribution in [-0.4, -0.2) is 65.5 Å². The van der Waals surface area contributed by atoms with Crippen LogP contribution >= 0.6 is 0 Å². The number of aliphatic imine (C=N–C) groups is 1. The van der Waals surface area contributed by atoms with E-state index in [-0.39, 0.29) is 0 Å². The van der Waals surface area contributed by atoms with Gasteiger partial charge < -0.3 is 29.2 Å². The first kappa shape index (κ1) is 20.2. The molecular formula is C19H31N3O4. The maximum Gasteiger partial charge on any atom is 0.203 e. The number of benzene rings is 1. The minimum Gasteiger partial charge on any atom is -0.493 e. The van der Waals surface area contributed by atoms with Gasteiger partial charge in [0.2, 0.25) is 5.75 Å². The summed E-state index contributed by atoms with van der Waals surface area (Å²) in [6.07, 6.45) is 1.11. The zero-order chi connectivity index (χ0) is 18.9. The molecule has 1 N–H and O–H groups in total. The van der Waals surface area contributed by atoms with E-state index >= 15 is 0 Å². The second-order valence-corrected chi connectivity index (χ2v) is 6.31. The van der Waals surface area contributed by atoms with Gasteiger partial charge in [-0.2, -0.15) is 0 Å². The largest absolute Gasteiger partial charge is 0.493 e. The van der Waals surface area contributed by atoms with E-state index in [1.54, 1.807) is 21.3 Å². The molecule has 1 fully saturated rings. The fraction of sp³-hybridized carbons (Fsp3) is 0.632. The lowest BCUT2D eigenvalue weighted by Crippen LogP contribution is -2.41. The second kappa shape index (κ2) is 10.1. The normalized spacial score (nSPS) is 17.1. The Balaban J connectivity index is 2.14. The predicted octanol–water partition coefficient (Wildman–Crippen LogP) is 2.15. The number of hydrogen-bond acceptors (Lipinski definition) is 5. The molecule has 146 valence electrons. The van der Waals surface area contributed by atoms with Crippen molar-refractivity contribution in [2.75, 3.05) is 54.7 Å². The van der Waals surface area contributed by atoms with Crippen LogP contribution in [0.5, 0.6) is 17.2 Å². The molecule has 1 aromatic rings. The maximum atomic E-state index is 5.47. The third-order valence-corrected chi connectivity index (χ3v) is 4.39. The molecule has 1 saturated heterocycles. The van der Waals surface area contributed by atoms with Gasteiger partial charge >= 0.3 is 0 Å². The van der Waals surface area contributed by atoms with Crippen molar-refractivity contribution in [3.05, 3.63) is 17.7 Å². The number of methoxy groups -OCH3 is 3. The van der Waals surface area contributed by atoms with Gasteiger partial charge in [-0.3, -0.25) is 0 Å². The van der Waals surface area contributed by atoms with Crippen LogP contribution in [-0.2, 0) is 11.3 Å². The third kappa shape index (κ3) is 5.17. The Bertz CT molecular complexity index is 575. The van der Waals surface area contributed by atoms with E-state index in [9.17, 15) is 0 Å². The summed E-state index contributed by atoms with van der Waals surface area (Å²) in [5.41, 5.74) is 0.993. The first-order valence-electron chi connectivity index (χ1n) is 8.99. The van der Waals surface area contributed by atoms with E-state index in [0.29, 0.717) is 29.7 Å². The first-order chi connectivity index (χ1) is 12.6. The van der Waals surface area contributed by atoms with Gasteiger partial charge in [0, 0.05) is 32.7 Å². The standard InChI is InChI=1S/C19H31N3O4/c1-6-20-19(22(2)12-14-7-8-26-13-14)21-11-15-9-16(23-3)18(25-5)17(10-15)24-4/h9-10,14H,6-8,11-13H2,1-5H3,(H,20,21). The van der Waals surface area contributed by atoms with E-state index < -0.39 is 0 Å². The predicted molar refractivity (Wildman–Crippen MR) is 102 cm³/mol. The Hall–Kier alpha value is -2.15. The molecule has 7 heteroatoms. The van der Waals surface area contributed by atoms with Crippen molar-refractivity contribution in [3.63, 3.8) is 0 Å². The summed E-state index contributed by atoms with van der Waals surface area (Å²) in [6, 6.07) is 3.86. The van der Waals surface area contributed by atoms with Gasteiger partial charge in [0.1, 0.15) is 0 Å². The summed E-state index contributed by atoms with van der Waals surface area (Å²) < 4.78 is 21.7. The Morgan fingerprint density at radius 1 is 1.23 bits per heavy atom. The van der Waals surface area contributed by atoms with Crippen molar-refractivity contribution >= 4 is 5.96 Å². The van der Waals surface area contributed by atoms with Gasteiger partial charge in [-0.25, -0.2) is 4.99 Å². The fourth-order valence-electron chi connectivity index (χ4n) is 3.06. The summed E-state index contributed by atoms with van der Waals surface area (Å²) >= 11 is 0. The monoisotopic (exact) mass is 365 g/mol. The molecule has 2 rings (SSSR count). The lowest BCUT2D eigenvalue weighted by atomic mass is 10.1. The topological polar surface area (TPSA) is 64.6 Å². The highest BCUT2D eigenvalue weighted by molar-refractivity contribution is 5.79. The van der Waals surface area contributed by atoms with Crippen LogP contribution in [0.1, 0.15) is 18.9 Å². The summed E-state index contributed by atoms with van der Waals surface area (Å²) in [6.45, 7) is 6.03. The summed E-state index contributed by atoms with van der Waals surface area (Å²) in [4.78, 5) is 6.94. The van der Waals surface area contributed by atoms with Crippen molar-refractivity contribution < 1.29 is 18.9 Å². The molecule has 0 aliphatic carbocycles. The second-order valence-electron chi connectivity index (χ2n) is 6.31. The highest BCUT2D eigenvalue weighted by atomic mass is 16.5. The molecule has 0 amide bonds. The van der Waals surface area contributed by atoms with Gasteiger partial charge in [0.25, 0.3) is 0 Å². The van der Waals surface area contributed by atoms with Gasteiger partial charge in [-0.1, -0.05) is 0 Å². The molecule has 1 aliphatic rings. The molecule has 1 atom stereocenters. The number of nitrogens with zero attached hydrogens (tertiary/aromatic N) is 2. The van der Waals surface area contributed by atoms with Crippen LogP contribution < -0.4 is 19.5 Å². The van der Waals surface area contributed by atoms with Gasteiger partial charge in [-0.15, -0.1) is 0 Å². The Labute approximate surface area is 156 Å². The molecule has 0 spiro atoms. The number of nitrogens with one attached hydrogen (secondary N) is 1. The Morgan fingerprint density at radius 2 is 1.92 bits per heavy atom. The van der Waals surface area contributed by atoms with E-state index in [1.807, 2.05) is 12.1 Å². The molecule has 0 aromatic heterocycles. The van der Waals surface area contributed by atoms with Gasteiger partial charge in [-0.05, 0) is 31.0 Å². The molecule has 1 heterocycles. The minimum atomic E-state index is 0.518. The average molecular weight is 365 g/mol. The smallest absolute Gasteiger partial charge is 0.203 e. The lowest BCUT2D eigenvalue weighted by Gasteiger charge is -2.24.